The van der Waals surface area contributed by atoms with Crippen LogP contribution in [0.4, 0.5) is 5.69 Å². The molecule has 0 aliphatic rings. The van der Waals surface area contributed by atoms with Gasteiger partial charge in [0.1, 0.15) is 0 Å². The highest BCUT2D eigenvalue weighted by atomic mass is 32.2. The van der Waals surface area contributed by atoms with Gasteiger partial charge in [0.05, 0.1) is 0 Å². The topological polar surface area (TPSA) is 12.0 Å². The molecule has 0 heterocycles. The van der Waals surface area contributed by atoms with Gasteiger partial charge < -0.3 is 4.72 Å². The van der Waals surface area contributed by atoms with Crippen molar-refractivity contribution in [3.05, 3.63) is 58.7 Å². The first-order valence-electron chi connectivity index (χ1n) is 8.39. The number of rotatable bonds is 3. The molecule has 2 heteroatoms. The van der Waals surface area contributed by atoms with Crippen LogP contribution in [0.5, 0.6) is 0 Å². The molecule has 2 rings (SSSR count). The number of aryl methyl sites for hydroxylation is 3. The summed E-state index contributed by atoms with van der Waals surface area (Å²) < 4.78 is 3.48. The van der Waals surface area contributed by atoms with Crippen molar-refractivity contribution in [2.24, 2.45) is 0 Å². The lowest BCUT2D eigenvalue weighted by atomic mass is 9.84. The quantitative estimate of drug-likeness (QED) is 0.605. The Morgan fingerprint density at radius 3 is 1.87 bits per heavy atom. The molecule has 126 valence electrons. The standard InChI is InChI=1S/C19H25NS.C2H6/c1-13-8-7-9-14(2)18(13)21-20-16-10-11-17(15(3)12-16)19(4,5)6;1-2/h7-12,20H,1-6H3;1-2H3. The SMILES string of the molecule is CC.Cc1cc(NSc2c(C)cccc2C)ccc1C(C)(C)C. The molecule has 0 fully saturated rings. The lowest BCUT2D eigenvalue weighted by molar-refractivity contribution is 0.586. The molecule has 0 bridgehead atoms. The summed E-state index contributed by atoms with van der Waals surface area (Å²) in [5.41, 5.74) is 6.74. The molecule has 2 aromatic carbocycles. The van der Waals surface area contributed by atoms with E-state index in [4.69, 9.17) is 0 Å². The summed E-state index contributed by atoms with van der Waals surface area (Å²) in [6, 6.07) is 13.1. The van der Waals surface area contributed by atoms with E-state index in [9.17, 15) is 0 Å². The first-order chi connectivity index (χ1) is 10.8. The molecular formula is C21H31NS. The van der Waals surface area contributed by atoms with Gasteiger partial charge in [0.25, 0.3) is 0 Å². The Morgan fingerprint density at radius 2 is 1.39 bits per heavy atom. The smallest absolute Gasteiger partial charge is 0.0446 e. The van der Waals surface area contributed by atoms with Crippen LogP contribution in [0.1, 0.15) is 56.9 Å². The highest BCUT2D eigenvalue weighted by molar-refractivity contribution is 8.00. The molecule has 0 unspecified atom stereocenters. The summed E-state index contributed by atoms with van der Waals surface area (Å²) in [4.78, 5) is 1.31. The van der Waals surface area contributed by atoms with Crippen LogP contribution in [0.15, 0.2) is 41.3 Å². The maximum Gasteiger partial charge on any atom is 0.0446 e. The average Bonchev–Trinajstić information content (AvgIpc) is 2.47. The fraction of sp³-hybridized carbons (Fsp3) is 0.429. The zero-order valence-corrected chi connectivity index (χ0v) is 16.7. The molecule has 0 saturated carbocycles. The van der Waals surface area contributed by atoms with Crippen LogP contribution < -0.4 is 4.72 Å². The summed E-state index contributed by atoms with van der Waals surface area (Å²) in [5.74, 6) is 0. The van der Waals surface area contributed by atoms with E-state index in [-0.39, 0.29) is 5.41 Å². The lowest BCUT2D eigenvalue weighted by Gasteiger charge is -2.22. The number of hydrogen-bond acceptors (Lipinski definition) is 2. The second kappa shape index (κ2) is 8.44. The van der Waals surface area contributed by atoms with Gasteiger partial charge in [0.2, 0.25) is 0 Å². The van der Waals surface area contributed by atoms with Crippen molar-refractivity contribution in [3.63, 3.8) is 0 Å². The average molecular weight is 330 g/mol. The number of nitrogens with one attached hydrogen (secondary N) is 1. The van der Waals surface area contributed by atoms with Crippen molar-refractivity contribution >= 4 is 17.6 Å². The molecule has 0 aliphatic carbocycles. The maximum atomic E-state index is 3.48. The fourth-order valence-corrected chi connectivity index (χ4v) is 3.44. The van der Waals surface area contributed by atoms with Crippen LogP contribution in [-0.2, 0) is 5.41 Å². The summed E-state index contributed by atoms with van der Waals surface area (Å²) in [5, 5.41) is 0. The van der Waals surface area contributed by atoms with E-state index in [0.717, 1.165) is 5.69 Å². The predicted octanol–water partition coefficient (Wildman–Crippen LogP) is 7.05. The third-order valence-corrected chi connectivity index (χ3v) is 4.90. The van der Waals surface area contributed by atoms with Crippen LogP contribution in [0, 0.1) is 20.8 Å². The van der Waals surface area contributed by atoms with Crippen LogP contribution in [-0.4, -0.2) is 0 Å². The molecule has 0 spiro atoms. The van der Waals surface area contributed by atoms with E-state index >= 15 is 0 Å². The summed E-state index contributed by atoms with van der Waals surface area (Å²) in [7, 11) is 0. The first kappa shape index (κ1) is 19.6. The van der Waals surface area contributed by atoms with Gasteiger partial charge in [-0.05, 0) is 72.5 Å². The highest BCUT2D eigenvalue weighted by Crippen LogP contribution is 2.31. The Bertz CT molecular complexity index is 619. The molecule has 0 saturated heterocycles. The first-order valence-corrected chi connectivity index (χ1v) is 9.21. The second-order valence-corrected chi connectivity index (χ2v) is 7.52. The summed E-state index contributed by atoms with van der Waals surface area (Å²) >= 11 is 1.70. The van der Waals surface area contributed by atoms with Crippen molar-refractivity contribution in [1.29, 1.82) is 0 Å². The molecule has 2 aromatic rings. The van der Waals surface area contributed by atoms with Gasteiger partial charge in [-0.1, -0.05) is 58.9 Å². The van der Waals surface area contributed by atoms with E-state index in [0.29, 0.717) is 0 Å². The Labute approximate surface area is 147 Å². The molecule has 1 N–H and O–H groups in total. The highest BCUT2D eigenvalue weighted by Gasteiger charge is 2.16. The lowest BCUT2D eigenvalue weighted by Crippen LogP contribution is -2.12. The van der Waals surface area contributed by atoms with Gasteiger partial charge in [0, 0.05) is 10.6 Å². The van der Waals surface area contributed by atoms with E-state index in [2.05, 4.69) is 82.7 Å². The Morgan fingerprint density at radius 1 is 0.826 bits per heavy atom. The molecule has 23 heavy (non-hydrogen) atoms. The molecule has 0 amide bonds. The molecule has 0 aromatic heterocycles. The van der Waals surface area contributed by atoms with Crippen LogP contribution in [0.2, 0.25) is 0 Å². The second-order valence-electron chi connectivity index (χ2n) is 6.70. The van der Waals surface area contributed by atoms with Crippen LogP contribution in [0.25, 0.3) is 0 Å². The predicted molar refractivity (Wildman–Crippen MR) is 107 cm³/mol. The Balaban J connectivity index is 0.00000127. The molecule has 0 aliphatic heterocycles. The van der Waals surface area contributed by atoms with E-state index in [1.54, 1.807) is 11.9 Å². The van der Waals surface area contributed by atoms with Crippen LogP contribution >= 0.6 is 11.9 Å². The zero-order valence-electron chi connectivity index (χ0n) is 15.9. The van der Waals surface area contributed by atoms with Crippen molar-refractivity contribution in [3.8, 4) is 0 Å². The van der Waals surface area contributed by atoms with Crippen molar-refractivity contribution in [2.75, 3.05) is 4.72 Å². The van der Waals surface area contributed by atoms with E-state index in [1.807, 2.05) is 13.8 Å². The van der Waals surface area contributed by atoms with E-state index < -0.39 is 0 Å². The van der Waals surface area contributed by atoms with Gasteiger partial charge in [-0.15, -0.1) is 0 Å². The van der Waals surface area contributed by atoms with Crippen LogP contribution in [0.3, 0.4) is 0 Å². The summed E-state index contributed by atoms with van der Waals surface area (Å²) in [6.07, 6.45) is 0. The van der Waals surface area contributed by atoms with Crippen molar-refractivity contribution in [2.45, 2.75) is 65.7 Å². The molecular weight excluding hydrogens is 298 g/mol. The number of hydrogen-bond donors (Lipinski definition) is 1. The zero-order chi connectivity index (χ0) is 17.6. The van der Waals surface area contributed by atoms with Gasteiger partial charge in [-0.2, -0.15) is 0 Å². The minimum Gasteiger partial charge on any atom is -0.326 e. The molecule has 0 radical (unpaired) electrons. The Hall–Kier alpha value is -1.41. The largest absolute Gasteiger partial charge is 0.326 e. The minimum atomic E-state index is 0.197. The number of anilines is 1. The number of benzene rings is 2. The van der Waals surface area contributed by atoms with E-state index in [1.165, 1.54) is 27.1 Å². The monoisotopic (exact) mass is 329 g/mol. The fourth-order valence-electron chi connectivity index (χ4n) is 2.64. The van der Waals surface area contributed by atoms with Crippen molar-refractivity contribution < 1.29 is 0 Å². The Kier molecular flexibility index (Phi) is 7.21. The normalized spacial score (nSPS) is 10.8. The van der Waals surface area contributed by atoms with Gasteiger partial charge in [-0.3, -0.25) is 0 Å². The molecule has 1 nitrogen and oxygen atoms in total. The third kappa shape index (κ3) is 5.31. The third-order valence-electron chi connectivity index (χ3n) is 3.71. The van der Waals surface area contributed by atoms with Gasteiger partial charge >= 0.3 is 0 Å². The minimum absolute atomic E-state index is 0.197. The van der Waals surface area contributed by atoms with Gasteiger partial charge in [0.15, 0.2) is 0 Å². The van der Waals surface area contributed by atoms with Gasteiger partial charge in [-0.25, -0.2) is 0 Å². The summed E-state index contributed by atoms with van der Waals surface area (Å²) in [6.45, 7) is 17.3. The van der Waals surface area contributed by atoms with Crippen molar-refractivity contribution in [1.82, 2.24) is 0 Å². The molecule has 0 atom stereocenters. The maximum absolute atomic E-state index is 3.48.